The van der Waals surface area contributed by atoms with Crippen LogP contribution >= 0.6 is 0 Å². The molecule has 3 rings (SSSR count). The predicted molar refractivity (Wildman–Crippen MR) is 84.3 cm³/mol. The minimum Gasteiger partial charge on any atom is -0.487 e. The minimum absolute atomic E-state index is 0.479. The lowest BCUT2D eigenvalue weighted by Crippen LogP contribution is -2.04. The van der Waals surface area contributed by atoms with Crippen LogP contribution in [0.3, 0.4) is 0 Å². The second-order valence-corrected chi connectivity index (χ2v) is 5.05. The summed E-state index contributed by atoms with van der Waals surface area (Å²) in [6, 6.07) is 16.3. The number of para-hydroxylation sites is 1. The Hall–Kier alpha value is -2.33. The highest BCUT2D eigenvalue weighted by Gasteiger charge is 2.08. The van der Waals surface area contributed by atoms with Crippen LogP contribution in [0.2, 0.25) is 0 Å². The standard InChI is InChI=1S/C17H19N3O/c1-18-11-13-7-9-14(10-8-13)21-12-16-15-5-3-4-6-17(15)20(2)19-16/h3-10,18H,11-12H2,1-2H3. The van der Waals surface area contributed by atoms with Crippen molar-refractivity contribution >= 4 is 10.9 Å². The predicted octanol–water partition coefficient (Wildman–Crippen LogP) is 2.87. The maximum absolute atomic E-state index is 5.85. The van der Waals surface area contributed by atoms with Crippen molar-refractivity contribution in [1.82, 2.24) is 15.1 Å². The first kappa shape index (κ1) is 13.6. The fourth-order valence-electron chi connectivity index (χ4n) is 2.45. The molecule has 4 nitrogen and oxygen atoms in total. The van der Waals surface area contributed by atoms with E-state index >= 15 is 0 Å². The zero-order valence-corrected chi connectivity index (χ0v) is 12.3. The summed E-state index contributed by atoms with van der Waals surface area (Å²) in [6.45, 7) is 1.35. The highest BCUT2D eigenvalue weighted by Crippen LogP contribution is 2.20. The highest BCUT2D eigenvalue weighted by atomic mass is 16.5. The van der Waals surface area contributed by atoms with Crippen molar-refractivity contribution in [1.29, 1.82) is 0 Å². The minimum atomic E-state index is 0.479. The van der Waals surface area contributed by atoms with E-state index in [9.17, 15) is 0 Å². The molecule has 0 saturated heterocycles. The van der Waals surface area contributed by atoms with Crippen LogP contribution in [0.4, 0.5) is 0 Å². The number of hydrogen-bond donors (Lipinski definition) is 1. The molecule has 0 spiro atoms. The fourth-order valence-corrected chi connectivity index (χ4v) is 2.45. The molecule has 4 heteroatoms. The SMILES string of the molecule is CNCc1ccc(OCc2nn(C)c3ccccc23)cc1. The maximum Gasteiger partial charge on any atom is 0.133 e. The summed E-state index contributed by atoms with van der Waals surface area (Å²) in [4.78, 5) is 0. The van der Waals surface area contributed by atoms with Gasteiger partial charge in [0.15, 0.2) is 0 Å². The summed E-state index contributed by atoms with van der Waals surface area (Å²) < 4.78 is 7.74. The molecule has 0 fully saturated rings. The summed E-state index contributed by atoms with van der Waals surface area (Å²) in [6.07, 6.45) is 0. The van der Waals surface area contributed by atoms with Crippen molar-refractivity contribution in [2.24, 2.45) is 7.05 Å². The third-order valence-electron chi connectivity index (χ3n) is 3.51. The van der Waals surface area contributed by atoms with Gasteiger partial charge in [0.1, 0.15) is 18.1 Å². The first-order valence-corrected chi connectivity index (χ1v) is 7.05. The molecule has 1 heterocycles. The van der Waals surface area contributed by atoms with Gasteiger partial charge in [0.25, 0.3) is 0 Å². The number of aromatic nitrogens is 2. The van der Waals surface area contributed by atoms with Gasteiger partial charge in [-0.1, -0.05) is 30.3 Å². The Bertz CT molecular complexity index is 731. The molecule has 0 aliphatic heterocycles. The summed E-state index contributed by atoms with van der Waals surface area (Å²) in [5.74, 6) is 0.865. The molecule has 21 heavy (non-hydrogen) atoms. The molecule has 0 radical (unpaired) electrons. The van der Waals surface area contributed by atoms with Gasteiger partial charge in [0, 0.05) is 19.0 Å². The van der Waals surface area contributed by atoms with Crippen molar-refractivity contribution in [3.05, 3.63) is 59.8 Å². The van der Waals surface area contributed by atoms with Gasteiger partial charge in [0.05, 0.1) is 5.52 Å². The van der Waals surface area contributed by atoms with Crippen molar-refractivity contribution in [2.45, 2.75) is 13.2 Å². The molecular formula is C17H19N3O. The molecule has 0 saturated carbocycles. The van der Waals surface area contributed by atoms with Crippen LogP contribution in [0, 0.1) is 0 Å². The van der Waals surface area contributed by atoms with Crippen molar-refractivity contribution < 1.29 is 4.74 Å². The molecule has 0 unspecified atom stereocenters. The Kier molecular flexibility index (Phi) is 3.88. The normalized spacial score (nSPS) is 11.0. The van der Waals surface area contributed by atoms with E-state index in [0.29, 0.717) is 6.61 Å². The molecule has 0 atom stereocenters. The van der Waals surface area contributed by atoms with E-state index in [1.165, 1.54) is 5.56 Å². The van der Waals surface area contributed by atoms with Crippen LogP contribution < -0.4 is 10.1 Å². The largest absolute Gasteiger partial charge is 0.487 e. The Morgan fingerprint density at radius 2 is 1.86 bits per heavy atom. The van der Waals surface area contributed by atoms with E-state index in [4.69, 9.17) is 4.74 Å². The molecule has 3 aromatic rings. The Morgan fingerprint density at radius 1 is 1.10 bits per heavy atom. The average Bonchev–Trinajstić information content (AvgIpc) is 2.84. The first-order chi connectivity index (χ1) is 10.3. The van der Waals surface area contributed by atoms with Crippen molar-refractivity contribution in [3.63, 3.8) is 0 Å². The van der Waals surface area contributed by atoms with Crippen molar-refractivity contribution in [2.75, 3.05) is 7.05 Å². The number of nitrogens with one attached hydrogen (secondary N) is 1. The molecule has 0 amide bonds. The summed E-state index contributed by atoms with van der Waals surface area (Å²) in [5, 5.41) is 8.81. The molecule has 0 aliphatic carbocycles. The number of benzene rings is 2. The van der Waals surface area contributed by atoms with Gasteiger partial charge in [-0.25, -0.2) is 0 Å². The number of aryl methyl sites for hydroxylation is 1. The second kappa shape index (κ2) is 5.97. The molecule has 1 aromatic heterocycles. The molecule has 0 aliphatic rings. The zero-order valence-electron chi connectivity index (χ0n) is 12.3. The van der Waals surface area contributed by atoms with Gasteiger partial charge in [-0.2, -0.15) is 5.10 Å². The van der Waals surface area contributed by atoms with Crippen LogP contribution in [-0.4, -0.2) is 16.8 Å². The molecule has 108 valence electrons. The van der Waals surface area contributed by atoms with Gasteiger partial charge in [-0.3, -0.25) is 4.68 Å². The van der Waals surface area contributed by atoms with Crippen LogP contribution in [0.15, 0.2) is 48.5 Å². The summed E-state index contributed by atoms with van der Waals surface area (Å²) in [7, 11) is 3.90. The molecule has 0 bridgehead atoms. The van der Waals surface area contributed by atoms with E-state index < -0.39 is 0 Å². The second-order valence-electron chi connectivity index (χ2n) is 5.05. The third-order valence-corrected chi connectivity index (χ3v) is 3.51. The summed E-state index contributed by atoms with van der Waals surface area (Å²) >= 11 is 0. The lowest BCUT2D eigenvalue weighted by atomic mass is 10.2. The monoisotopic (exact) mass is 281 g/mol. The summed E-state index contributed by atoms with van der Waals surface area (Å²) in [5.41, 5.74) is 3.33. The maximum atomic E-state index is 5.85. The Morgan fingerprint density at radius 3 is 2.62 bits per heavy atom. The number of fused-ring (bicyclic) bond motifs is 1. The van der Waals surface area contributed by atoms with E-state index in [1.54, 1.807) is 0 Å². The van der Waals surface area contributed by atoms with Gasteiger partial charge in [-0.15, -0.1) is 0 Å². The Labute approximate surface area is 124 Å². The van der Waals surface area contributed by atoms with E-state index in [0.717, 1.165) is 28.9 Å². The lowest BCUT2D eigenvalue weighted by molar-refractivity contribution is 0.301. The topological polar surface area (TPSA) is 39.1 Å². The van der Waals surface area contributed by atoms with Gasteiger partial charge < -0.3 is 10.1 Å². The highest BCUT2D eigenvalue weighted by molar-refractivity contribution is 5.81. The average molecular weight is 281 g/mol. The lowest BCUT2D eigenvalue weighted by Gasteiger charge is -2.06. The first-order valence-electron chi connectivity index (χ1n) is 7.05. The Balaban J connectivity index is 1.74. The zero-order chi connectivity index (χ0) is 14.7. The van der Waals surface area contributed by atoms with Gasteiger partial charge in [-0.05, 0) is 30.8 Å². The third kappa shape index (κ3) is 2.90. The van der Waals surface area contributed by atoms with E-state index in [-0.39, 0.29) is 0 Å². The van der Waals surface area contributed by atoms with Crippen molar-refractivity contribution in [3.8, 4) is 5.75 Å². The van der Waals surface area contributed by atoms with Gasteiger partial charge in [0.2, 0.25) is 0 Å². The van der Waals surface area contributed by atoms with E-state index in [1.807, 2.05) is 43.0 Å². The smallest absolute Gasteiger partial charge is 0.133 e. The fraction of sp³-hybridized carbons (Fsp3) is 0.235. The quantitative estimate of drug-likeness (QED) is 0.781. The number of nitrogens with zero attached hydrogens (tertiary/aromatic N) is 2. The van der Waals surface area contributed by atoms with Crippen LogP contribution in [0.1, 0.15) is 11.3 Å². The van der Waals surface area contributed by atoms with Crippen LogP contribution in [-0.2, 0) is 20.2 Å². The van der Waals surface area contributed by atoms with Crippen LogP contribution in [0.5, 0.6) is 5.75 Å². The van der Waals surface area contributed by atoms with E-state index in [2.05, 4.69) is 34.7 Å². The molecular weight excluding hydrogens is 262 g/mol. The molecule has 2 aromatic carbocycles. The number of hydrogen-bond acceptors (Lipinski definition) is 3. The molecule has 1 N–H and O–H groups in total. The number of ether oxygens (including phenoxy) is 1. The van der Waals surface area contributed by atoms with Gasteiger partial charge >= 0.3 is 0 Å². The van der Waals surface area contributed by atoms with Crippen LogP contribution in [0.25, 0.3) is 10.9 Å². The number of rotatable bonds is 5.